The number of aromatic amines is 1. The molecule has 132 valence electrons. The maximum atomic E-state index is 12.0. The van der Waals surface area contributed by atoms with E-state index in [1.165, 1.54) is 0 Å². The van der Waals surface area contributed by atoms with Crippen LogP contribution in [-0.2, 0) is 4.79 Å². The van der Waals surface area contributed by atoms with Crippen molar-refractivity contribution in [1.82, 2.24) is 24.8 Å². The Kier molecular flexibility index (Phi) is 3.92. The molecular formula is C18H19N7O. The number of rotatable bonds is 3. The van der Waals surface area contributed by atoms with Gasteiger partial charge in [0.1, 0.15) is 23.7 Å². The smallest absolute Gasteiger partial charge is 0.236 e. The third-order valence-electron chi connectivity index (χ3n) is 4.97. The molecule has 1 aliphatic heterocycles. The van der Waals surface area contributed by atoms with Crippen molar-refractivity contribution in [3.05, 3.63) is 24.3 Å². The molecule has 0 radical (unpaired) electrons. The van der Waals surface area contributed by atoms with Gasteiger partial charge in [-0.2, -0.15) is 5.26 Å². The molecule has 0 aromatic carbocycles. The van der Waals surface area contributed by atoms with Gasteiger partial charge in [0.15, 0.2) is 0 Å². The van der Waals surface area contributed by atoms with E-state index in [2.05, 4.69) is 19.9 Å². The highest BCUT2D eigenvalue weighted by Gasteiger charge is 2.30. The van der Waals surface area contributed by atoms with Gasteiger partial charge in [-0.05, 0) is 19.4 Å². The van der Waals surface area contributed by atoms with E-state index < -0.39 is 0 Å². The molecule has 0 bridgehead atoms. The molecule has 4 rings (SSSR count). The van der Waals surface area contributed by atoms with E-state index in [1.54, 1.807) is 18.1 Å². The van der Waals surface area contributed by atoms with Gasteiger partial charge < -0.3 is 14.8 Å². The molecule has 1 N–H and O–H groups in total. The topological polar surface area (TPSA) is 102 Å². The molecular weight excluding hydrogens is 330 g/mol. The van der Waals surface area contributed by atoms with Gasteiger partial charge in [0.05, 0.1) is 29.2 Å². The third kappa shape index (κ3) is 2.62. The van der Waals surface area contributed by atoms with E-state index in [-0.39, 0.29) is 18.4 Å². The number of anilines is 1. The average Bonchev–Trinajstić information content (AvgIpc) is 3.29. The Morgan fingerprint density at radius 3 is 3.15 bits per heavy atom. The Labute approximate surface area is 150 Å². The van der Waals surface area contributed by atoms with Crippen LogP contribution in [0.5, 0.6) is 0 Å². The number of hydrogen-bond acceptors (Lipinski definition) is 6. The van der Waals surface area contributed by atoms with Crippen molar-refractivity contribution in [2.45, 2.75) is 25.8 Å². The first kappa shape index (κ1) is 16.3. The van der Waals surface area contributed by atoms with Crippen LogP contribution in [0.25, 0.3) is 21.9 Å². The lowest BCUT2D eigenvalue weighted by Crippen LogP contribution is -2.39. The van der Waals surface area contributed by atoms with Gasteiger partial charge in [0.25, 0.3) is 0 Å². The number of hydrogen-bond donors (Lipinski definition) is 1. The minimum atomic E-state index is -0.139. The fourth-order valence-electron chi connectivity index (χ4n) is 3.60. The summed E-state index contributed by atoms with van der Waals surface area (Å²) in [5, 5.41) is 10.7. The zero-order valence-corrected chi connectivity index (χ0v) is 14.7. The summed E-state index contributed by atoms with van der Waals surface area (Å²) >= 11 is 0. The van der Waals surface area contributed by atoms with E-state index in [0.717, 1.165) is 40.7 Å². The lowest BCUT2D eigenvalue weighted by atomic mass is 10.2. The monoisotopic (exact) mass is 349 g/mol. The highest BCUT2D eigenvalue weighted by Crippen LogP contribution is 2.32. The molecule has 1 unspecified atom stereocenters. The van der Waals surface area contributed by atoms with Crippen molar-refractivity contribution in [3.63, 3.8) is 0 Å². The number of fused-ring (bicyclic) bond motifs is 3. The van der Waals surface area contributed by atoms with Gasteiger partial charge in [0, 0.05) is 31.7 Å². The zero-order valence-electron chi connectivity index (χ0n) is 14.7. The van der Waals surface area contributed by atoms with Gasteiger partial charge in [-0.3, -0.25) is 4.79 Å². The number of carbonyl (C=O) groups excluding carboxylic acids is 1. The largest absolute Gasteiger partial charge is 0.354 e. The molecule has 3 aromatic heterocycles. The molecule has 0 aliphatic carbocycles. The summed E-state index contributed by atoms with van der Waals surface area (Å²) in [6.07, 6.45) is 4.39. The van der Waals surface area contributed by atoms with Crippen molar-refractivity contribution < 1.29 is 4.79 Å². The molecule has 8 nitrogen and oxygen atoms in total. The number of likely N-dealkylation sites (N-methyl/N-ethyl adjacent to an activating group) is 1. The molecule has 1 amide bonds. The molecule has 1 saturated heterocycles. The average molecular weight is 349 g/mol. The summed E-state index contributed by atoms with van der Waals surface area (Å²) in [7, 11) is 1.77. The van der Waals surface area contributed by atoms with Crippen LogP contribution >= 0.6 is 0 Å². The van der Waals surface area contributed by atoms with E-state index >= 15 is 0 Å². The van der Waals surface area contributed by atoms with Crippen LogP contribution in [0.15, 0.2) is 18.5 Å². The summed E-state index contributed by atoms with van der Waals surface area (Å²) in [5.41, 5.74) is 1.63. The van der Waals surface area contributed by atoms with Crippen molar-refractivity contribution in [2.24, 2.45) is 0 Å². The molecule has 8 heteroatoms. The first-order chi connectivity index (χ1) is 12.6. The minimum Gasteiger partial charge on any atom is -0.354 e. The molecule has 26 heavy (non-hydrogen) atoms. The van der Waals surface area contributed by atoms with Crippen molar-refractivity contribution in [2.75, 3.05) is 25.0 Å². The van der Waals surface area contributed by atoms with Gasteiger partial charge in [0.2, 0.25) is 5.91 Å². The van der Waals surface area contributed by atoms with Crippen LogP contribution in [0.4, 0.5) is 5.82 Å². The van der Waals surface area contributed by atoms with Crippen LogP contribution < -0.4 is 4.90 Å². The second-order valence-electron chi connectivity index (χ2n) is 6.58. The van der Waals surface area contributed by atoms with Crippen molar-refractivity contribution in [3.8, 4) is 6.07 Å². The van der Waals surface area contributed by atoms with E-state index in [4.69, 9.17) is 10.2 Å². The van der Waals surface area contributed by atoms with Crippen LogP contribution in [0.3, 0.4) is 0 Å². The van der Waals surface area contributed by atoms with Gasteiger partial charge in [-0.25, -0.2) is 15.0 Å². The van der Waals surface area contributed by atoms with Crippen molar-refractivity contribution >= 4 is 33.7 Å². The number of carbonyl (C=O) groups is 1. The van der Waals surface area contributed by atoms with Crippen LogP contribution in [0.2, 0.25) is 0 Å². The molecule has 1 fully saturated rings. The van der Waals surface area contributed by atoms with Crippen LogP contribution in [0, 0.1) is 18.3 Å². The van der Waals surface area contributed by atoms with Crippen LogP contribution in [0.1, 0.15) is 18.7 Å². The molecule has 1 atom stereocenters. The number of nitriles is 1. The second kappa shape index (κ2) is 6.26. The second-order valence-corrected chi connectivity index (χ2v) is 6.58. The maximum absolute atomic E-state index is 12.0. The SMILES string of the molecule is Cc1nc(N2CCC(N(C)C(=O)CC#N)C2)c2c(cnc3[nH]ccc32)n1. The number of H-pyrrole nitrogens is 1. The summed E-state index contributed by atoms with van der Waals surface area (Å²) in [6, 6.07) is 3.99. The number of nitrogens with zero attached hydrogens (tertiary/aromatic N) is 6. The number of nitrogens with one attached hydrogen (secondary N) is 1. The van der Waals surface area contributed by atoms with Gasteiger partial charge in [-0.15, -0.1) is 0 Å². The summed E-state index contributed by atoms with van der Waals surface area (Å²) in [5.74, 6) is 1.44. The Balaban J connectivity index is 1.72. The first-order valence-electron chi connectivity index (χ1n) is 8.56. The normalized spacial score (nSPS) is 17.0. The van der Waals surface area contributed by atoms with E-state index in [1.807, 2.05) is 25.3 Å². The number of pyridine rings is 1. The molecule has 1 aliphatic rings. The summed E-state index contributed by atoms with van der Waals surface area (Å²) in [6.45, 7) is 3.36. The lowest BCUT2D eigenvalue weighted by molar-refractivity contribution is -0.130. The van der Waals surface area contributed by atoms with Crippen LogP contribution in [-0.4, -0.2) is 56.9 Å². The maximum Gasteiger partial charge on any atom is 0.236 e. The highest BCUT2D eigenvalue weighted by atomic mass is 16.2. The van der Waals surface area contributed by atoms with E-state index in [9.17, 15) is 4.79 Å². The number of amides is 1. The Bertz CT molecular complexity index is 1040. The van der Waals surface area contributed by atoms with Gasteiger partial charge in [-0.1, -0.05) is 0 Å². The zero-order chi connectivity index (χ0) is 18.3. The fraction of sp³-hybridized carbons (Fsp3) is 0.389. The Hall–Kier alpha value is -3.21. The molecule has 0 saturated carbocycles. The molecule has 0 spiro atoms. The van der Waals surface area contributed by atoms with Crippen molar-refractivity contribution in [1.29, 1.82) is 5.26 Å². The molecule has 4 heterocycles. The van der Waals surface area contributed by atoms with E-state index in [0.29, 0.717) is 12.4 Å². The Morgan fingerprint density at radius 1 is 1.50 bits per heavy atom. The van der Waals surface area contributed by atoms with Gasteiger partial charge >= 0.3 is 0 Å². The fourth-order valence-corrected chi connectivity index (χ4v) is 3.60. The number of aryl methyl sites for hydroxylation is 1. The predicted octanol–water partition coefficient (Wildman–Crippen LogP) is 1.77. The third-order valence-corrected chi connectivity index (χ3v) is 4.97. The molecule has 3 aromatic rings. The minimum absolute atomic E-state index is 0.0738. The summed E-state index contributed by atoms with van der Waals surface area (Å²) < 4.78 is 0. The quantitative estimate of drug-likeness (QED) is 0.773. The Morgan fingerprint density at radius 2 is 2.35 bits per heavy atom. The summed E-state index contributed by atoms with van der Waals surface area (Å²) in [4.78, 5) is 32.7. The first-order valence-corrected chi connectivity index (χ1v) is 8.56. The predicted molar refractivity (Wildman–Crippen MR) is 97.5 cm³/mol. The highest BCUT2D eigenvalue weighted by molar-refractivity contribution is 6.09. The lowest BCUT2D eigenvalue weighted by Gasteiger charge is -2.25. The number of aromatic nitrogens is 4. The standard InChI is InChI=1S/C18H19N7O/c1-11-22-14-9-21-17-13(4-7-20-17)16(14)18(23-11)25-8-5-12(10-25)24(2)15(26)3-6-19/h4,7,9,12H,3,5,8,10H2,1-2H3,(H,20,21).